The highest BCUT2D eigenvalue weighted by atomic mass is 16.5. The van der Waals surface area contributed by atoms with Gasteiger partial charge < -0.3 is 25.0 Å². The van der Waals surface area contributed by atoms with E-state index >= 15 is 0 Å². The number of amides is 2. The van der Waals surface area contributed by atoms with E-state index in [1.165, 1.54) is 0 Å². The molecule has 2 heterocycles. The summed E-state index contributed by atoms with van der Waals surface area (Å²) < 4.78 is 7.84. The topological polar surface area (TPSA) is 105 Å². The van der Waals surface area contributed by atoms with E-state index < -0.39 is 5.97 Å². The Morgan fingerprint density at radius 1 is 1.41 bits per heavy atom. The molecule has 1 unspecified atom stereocenters. The molecule has 1 fully saturated rings. The molecule has 3 rings (SSSR count). The second-order valence-electron chi connectivity index (χ2n) is 7.09. The molecule has 1 aliphatic heterocycles. The average molecular weight is 374 g/mol. The van der Waals surface area contributed by atoms with Gasteiger partial charge in [0.2, 0.25) is 0 Å². The maximum atomic E-state index is 11.8. The van der Waals surface area contributed by atoms with Crippen LogP contribution in [0.1, 0.15) is 42.9 Å². The first-order valence-electron chi connectivity index (χ1n) is 9.32. The van der Waals surface area contributed by atoms with Gasteiger partial charge in [0.1, 0.15) is 5.82 Å². The highest BCUT2D eigenvalue weighted by Gasteiger charge is 2.20. The highest BCUT2D eigenvalue weighted by Crippen LogP contribution is 2.22. The fourth-order valence-corrected chi connectivity index (χ4v) is 3.30. The lowest BCUT2D eigenvalue weighted by atomic mass is 10.2. The molecule has 8 nitrogen and oxygen atoms in total. The lowest BCUT2D eigenvalue weighted by Crippen LogP contribution is -2.40. The standard InChI is InChI=1S/C19H26N4O4/c1-12(2)21-19(26)20-8-7-17-22-15-10-13(18(24)25)5-6-16(15)23(17)11-14-4-3-9-27-14/h5-6,10,12,14H,3-4,7-9,11H2,1-2H3,(H,24,25)(H2,20,21,26). The number of hydrogen-bond acceptors (Lipinski definition) is 4. The summed E-state index contributed by atoms with van der Waals surface area (Å²) in [6.07, 6.45) is 2.74. The van der Waals surface area contributed by atoms with Crippen molar-refractivity contribution in [1.82, 2.24) is 20.2 Å². The maximum absolute atomic E-state index is 11.8. The molecule has 1 saturated heterocycles. The van der Waals surface area contributed by atoms with Crippen molar-refractivity contribution in [3.63, 3.8) is 0 Å². The fourth-order valence-electron chi connectivity index (χ4n) is 3.30. The van der Waals surface area contributed by atoms with Crippen LogP contribution in [0.25, 0.3) is 11.0 Å². The summed E-state index contributed by atoms with van der Waals surface area (Å²) in [5.41, 5.74) is 1.75. The molecule has 1 aromatic carbocycles. The van der Waals surface area contributed by atoms with E-state index in [1.807, 2.05) is 13.8 Å². The molecule has 0 aliphatic carbocycles. The van der Waals surface area contributed by atoms with Gasteiger partial charge in [-0.3, -0.25) is 0 Å². The van der Waals surface area contributed by atoms with Gasteiger partial charge in [0.15, 0.2) is 0 Å². The summed E-state index contributed by atoms with van der Waals surface area (Å²) in [7, 11) is 0. The number of benzene rings is 1. The molecule has 3 N–H and O–H groups in total. The van der Waals surface area contributed by atoms with Gasteiger partial charge in [-0.15, -0.1) is 0 Å². The third kappa shape index (κ3) is 4.77. The number of carboxylic acids is 1. The van der Waals surface area contributed by atoms with Gasteiger partial charge in [0.25, 0.3) is 0 Å². The van der Waals surface area contributed by atoms with Crippen molar-refractivity contribution >= 4 is 23.0 Å². The number of nitrogens with zero attached hydrogens (tertiary/aromatic N) is 2. The Kier molecular flexibility index (Phi) is 5.95. The molecule has 1 atom stereocenters. The quantitative estimate of drug-likeness (QED) is 0.689. The fraction of sp³-hybridized carbons (Fsp3) is 0.526. The Hall–Kier alpha value is -2.61. The third-order valence-corrected chi connectivity index (χ3v) is 4.54. The number of rotatable bonds is 7. The molecule has 0 saturated carbocycles. The second kappa shape index (κ2) is 8.39. The van der Waals surface area contributed by atoms with Crippen LogP contribution in [0.5, 0.6) is 0 Å². The molecule has 2 amide bonds. The van der Waals surface area contributed by atoms with Crippen molar-refractivity contribution < 1.29 is 19.4 Å². The van der Waals surface area contributed by atoms with Crippen molar-refractivity contribution in [3.05, 3.63) is 29.6 Å². The van der Waals surface area contributed by atoms with Crippen LogP contribution in [0.15, 0.2) is 18.2 Å². The summed E-state index contributed by atoms with van der Waals surface area (Å²) in [5, 5.41) is 14.8. The van der Waals surface area contributed by atoms with E-state index in [0.29, 0.717) is 25.0 Å². The van der Waals surface area contributed by atoms with Crippen LogP contribution in [0.2, 0.25) is 0 Å². The Morgan fingerprint density at radius 2 is 2.22 bits per heavy atom. The van der Waals surface area contributed by atoms with Crippen LogP contribution in [-0.4, -0.2) is 52.0 Å². The van der Waals surface area contributed by atoms with Crippen LogP contribution < -0.4 is 10.6 Å². The van der Waals surface area contributed by atoms with Gasteiger partial charge in [-0.2, -0.15) is 0 Å². The molecule has 2 aromatic rings. The summed E-state index contributed by atoms with van der Waals surface area (Å²) in [6.45, 7) is 5.70. The van der Waals surface area contributed by atoms with Crippen LogP contribution in [0, 0.1) is 0 Å². The van der Waals surface area contributed by atoms with Gasteiger partial charge in [-0.25, -0.2) is 14.6 Å². The van der Waals surface area contributed by atoms with E-state index in [1.54, 1.807) is 18.2 Å². The predicted molar refractivity (Wildman–Crippen MR) is 101 cm³/mol. The van der Waals surface area contributed by atoms with Crippen molar-refractivity contribution in [2.45, 2.75) is 51.8 Å². The van der Waals surface area contributed by atoms with Crippen LogP contribution in [0.4, 0.5) is 4.79 Å². The molecular weight excluding hydrogens is 348 g/mol. The maximum Gasteiger partial charge on any atom is 0.335 e. The van der Waals surface area contributed by atoms with Gasteiger partial charge >= 0.3 is 12.0 Å². The van der Waals surface area contributed by atoms with E-state index in [0.717, 1.165) is 30.8 Å². The van der Waals surface area contributed by atoms with Gasteiger partial charge in [-0.05, 0) is 44.9 Å². The van der Waals surface area contributed by atoms with Gasteiger partial charge in [0.05, 0.1) is 29.2 Å². The monoisotopic (exact) mass is 374 g/mol. The smallest absolute Gasteiger partial charge is 0.335 e. The van der Waals surface area contributed by atoms with E-state index in [2.05, 4.69) is 20.2 Å². The van der Waals surface area contributed by atoms with Crippen molar-refractivity contribution in [3.8, 4) is 0 Å². The first kappa shape index (κ1) is 19.2. The van der Waals surface area contributed by atoms with Crippen LogP contribution in [0.3, 0.4) is 0 Å². The molecule has 146 valence electrons. The Morgan fingerprint density at radius 3 is 2.89 bits per heavy atom. The minimum absolute atomic E-state index is 0.0727. The molecule has 0 spiro atoms. The second-order valence-corrected chi connectivity index (χ2v) is 7.09. The summed E-state index contributed by atoms with van der Waals surface area (Å²) in [4.78, 5) is 27.6. The molecule has 27 heavy (non-hydrogen) atoms. The minimum Gasteiger partial charge on any atom is -0.478 e. The number of carboxylic acid groups (broad SMARTS) is 1. The normalized spacial score (nSPS) is 16.8. The number of carbonyl (C=O) groups excluding carboxylic acids is 1. The number of aromatic carboxylic acids is 1. The molecule has 8 heteroatoms. The number of ether oxygens (including phenoxy) is 1. The van der Waals surface area contributed by atoms with E-state index in [-0.39, 0.29) is 23.7 Å². The lowest BCUT2D eigenvalue weighted by molar-refractivity contribution is 0.0697. The van der Waals surface area contributed by atoms with E-state index in [4.69, 9.17) is 4.74 Å². The number of nitrogens with one attached hydrogen (secondary N) is 2. The zero-order valence-corrected chi connectivity index (χ0v) is 15.7. The first-order valence-corrected chi connectivity index (χ1v) is 9.32. The Balaban J connectivity index is 1.80. The number of imidazole rings is 1. The van der Waals surface area contributed by atoms with Crippen molar-refractivity contribution in [2.75, 3.05) is 13.2 Å². The highest BCUT2D eigenvalue weighted by molar-refractivity contribution is 5.92. The predicted octanol–water partition coefficient (Wildman–Crippen LogP) is 2.16. The average Bonchev–Trinajstić information content (AvgIpc) is 3.22. The largest absolute Gasteiger partial charge is 0.478 e. The molecular formula is C19H26N4O4. The minimum atomic E-state index is -0.973. The first-order chi connectivity index (χ1) is 12.9. The molecule has 0 bridgehead atoms. The molecule has 1 aliphatic rings. The third-order valence-electron chi connectivity index (χ3n) is 4.54. The van der Waals surface area contributed by atoms with Crippen LogP contribution >= 0.6 is 0 Å². The number of urea groups is 1. The van der Waals surface area contributed by atoms with E-state index in [9.17, 15) is 14.7 Å². The number of aromatic nitrogens is 2. The number of hydrogen-bond donors (Lipinski definition) is 3. The summed E-state index contributed by atoms with van der Waals surface area (Å²) in [5.74, 6) is -0.160. The SMILES string of the molecule is CC(C)NC(=O)NCCc1nc2cc(C(=O)O)ccc2n1CC1CCCO1. The number of fused-ring (bicyclic) bond motifs is 1. The Labute approximate surface area is 157 Å². The number of carbonyl (C=O) groups is 2. The molecule has 1 aromatic heterocycles. The Bertz CT molecular complexity index is 824. The van der Waals surface area contributed by atoms with Gasteiger partial charge in [-0.1, -0.05) is 0 Å². The van der Waals surface area contributed by atoms with Crippen LogP contribution in [-0.2, 0) is 17.7 Å². The van der Waals surface area contributed by atoms with Crippen molar-refractivity contribution in [1.29, 1.82) is 0 Å². The zero-order valence-electron chi connectivity index (χ0n) is 15.7. The molecule has 0 radical (unpaired) electrons. The summed E-state index contributed by atoms with van der Waals surface area (Å²) in [6, 6.07) is 4.84. The summed E-state index contributed by atoms with van der Waals surface area (Å²) >= 11 is 0. The lowest BCUT2D eigenvalue weighted by Gasteiger charge is -2.15. The van der Waals surface area contributed by atoms with Gasteiger partial charge in [0, 0.05) is 25.6 Å². The van der Waals surface area contributed by atoms with Crippen molar-refractivity contribution in [2.24, 2.45) is 0 Å². The zero-order chi connectivity index (χ0) is 19.4.